The lowest BCUT2D eigenvalue weighted by Gasteiger charge is -2.38. The van der Waals surface area contributed by atoms with Crippen LogP contribution >= 0.6 is 0 Å². The molecule has 3 rings (SSSR count). The van der Waals surface area contributed by atoms with E-state index >= 15 is 0 Å². The van der Waals surface area contributed by atoms with Crippen molar-refractivity contribution < 1.29 is 9.53 Å². The van der Waals surface area contributed by atoms with E-state index in [1.807, 2.05) is 6.92 Å². The largest absolute Gasteiger partial charge is 0.466 e. The first-order valence-electron chi connectivity index (χ1n) is 8.62. The van der Waals surface area contributed by atoms with Gasteiger partial charge < -0.3 is 9.64 Å². The number of hydrogen-bond donors (Lipinski definition) is 0. The van der Waals surface area contributed by atoms with Gasteiger partial charge in [-0.25, -0.2) is 0 Å². The van der Waals surface area contributed by atoms with Crippen LogP contribution in [0.2, 0.25) is 0 Å². The summed E-state index contributed by atoms with van der Waals surface area (Å²) in [5, 5.41) is 0. The van der Waals surface area contributed by atoms with E-state index < -0.39 is 0 Å². The van der Waals surface area contributed by atoms with Crippen LogP contribution in [0.5, 0.6) is 0 Å². The molecule has 3 aliphatic rings. The second-order valence-corrected chi connectivity index (χ2v) is 7.18. The van der Waals surface area contributed by atoms with Gasteiger partial charge in [-0.2, -0.15) is 0 Å². The lowest BCUT2D eigenvalue weighted by atomic mass is 9.72. The lowest BCUT2D eigenvalue weighted by Crippen LogP contribution is -2.44. The van der Waals surface area contributed by atoms with Crippen LogP contribution in [-0.2, 0) is 9.53 Å². The molecule has 1 saturated heterocycles. The van der Waals surface area contributed by atoms with E-state index in [1.165, 1.54) is 64.5 Å². The van der Waals surface area contributed by atoms with Crippen LogP contribution in [0.4, 0.5) is 0 Å². The molecule has 0 N–H and O–H groups in total. The number of esters is 1. The average molecular weight is 279 g/mol. The van der Waals surface area contributed by atoms with E-state index in [0.29, 0.717) is 6.61 Å². The molecule has 0 aromatic rings. The molecule has 20 heavy (non-hydrogen) atoms. The van der Waals surface area contributed by atoms with E-state index in [9.17, 15) is 4.79 Å². The third-order valence-electron chi connectivity index (χ3n) is 6.00. The Balaban J connectivity index is 1.71. The monoisotopic (exact) mass is 279 g/mol. The third kappa shape index (κ3) is 2.74. The molecule has 1 unspecified atom stereocenters. The number of likely N-dealkylation sites (tertiary alicyclic amines) is 1. The molecule has 0 amide bonds. The van der Waals surface area contributed by atoms with Crippen LogP contribution in [-0.4, -0.2) is 37.1 Å². The van der Waals surface area contributed by atoms with Crippen molar-refractivity contribution in [3.05, 3.63) is 0 Å². The quantitative estimate of drug-likeness (QED) is 0.724. The van der Waals surface area contributed by atoms with Gasteiger partial charge in [-0.1, -0.05) is 6.42 Å². The zero-order valence-electron chi connectivity index (χ0n) is 12.9. The molecule has 0 spiro atoms. The molecule has 0 aromatic carbocycles. The molecule has 114 valence electrons. The van der Waals surface area contributed by atoms with Crippen molar-refractivity contribution in [2.24, 2.45) is 17.3 Å². The molecule has 2 aliphatic carbocycles. The Morgan fingerprint density at radius 2 is 1.95 bits per heavy atom. The van der Waals surface area contributed by atoms with Gasteiger partial charge in [-0.3, -0.25) is 4.79 Å². The van der Waals surface area contributed by atoms with Gasteiger partial charge in [0.25, 0.3) is 0 Å². The van der Waals surface area contributed by atoms with Crippen molar-refractivity contribution in [2.45, 2.75) is 58.3 Å². The summed E-state index contributed by atoms with van der Waals surface area (Å²) in [4.78, 5) is 15.1. The fourth-order valence-corrected chi connectivity index (χ4v) is 4.89. The fraction of sp³-hybridized carbons (Fsp3) is 0.941. The number of piperidine rings is 1. The van der Waals surface area contributed by atoms with Gasteiger partial charge in [0.15, 0.2) is 0 Å². The van der Waals surface area contributed by atoms with Gasteiger partial charge in [-0.15, -0.1) is 0 Å². The van der Waals surface area contributed by atoms with Crippen molar-refractivity contribution >= 4 is 5.97 Å². The first-order chi connectivity index (χ1) is 9.73. The number of ether oxygens (including phenoxy) is 1. The van der Waals surface area contributed by atoms with Crippen LogP contribution in [0, 0.1) is 17.3 Å². The number of hydrogen-bond acceptors (Lipinski definition) is 3. The van der Waals surface area contributed by atoms with E-state index in [1.54, 1.807) is 0 Å². The average Bonchev–Trinajstić information content (AvgIpc) is 3.07. The molecular formula is C17H29NO2. The molecule has 3 fully saturated rings. The normalized spacial score (nSPS) is 35.1. The number of carbonyl (C=O) groups is 1. The topological polar surface area (TPSA) is 29.5 Å². The maximum absolute atomic E-state index is 12.5. The first kappa shape index (κ1) is 14.4. The predicted octanol–water partition coefficient (Wildman–Crippen LogP) is 3.23. The Morgan fingerprint density at radius 1 is 1.25 bits per heavy atom. The Labute approximate surface area is 123 Å². The number of nitrogens with zero attached hydrogens (tertiary/aromatic N) is 1. The van der Waals surface area contributed by atoms with Crippen molar-refractivity contribution in [1.82, 2.24) is 4.90 Å². The summed E-state index contributed by atoms with van der Waals surface area (Å²) in [7, 11) is 0. The van der Waals surface area contributed by atoms with E-state index in [4.69, 9.17) is 4.74 Å². The minimum Gasteiger partial charge on any atom is -0.466 e. The van der Waals surface area contributed by atoms with Gasteiger partial charge >= 0.3 is 5.97 Å². The van der Waals surface area contributed by atoms with E-state index in [2.05, 4.69) is 4.90 Å². The molecule has 3 nitrogen and oxygen atoms in total. The van der Waals surface area contributed by atoms with Crippen LogP contribution in [0.25, 0.3) is 0 Å². The third-order valence-corrected chi connectivity index (χ3v) is 6.00. The minimum atomic E-state index is 0.0839. The highest BCUT2D eigenvalue weighted by Gasteiger charge is 2.52. The summed E-state index contributed by atoms with van der Waals surface area (Å²) in [5.41, 5.74) is 0.286. The van der Waals surface area contributed by atoms with Crippen LogP contribution in [0.15, 0.2) is 0 Å². The molecule has 2 saturated carbocycles. The number of fused-ring (bicyclic) bond motifs is 2. The summed E-state index contributed by atoms with van der Waals surface area (Å²) in [6, 6.07) is 0. The van der Waals surface area contributed by atoms with E-state index in [-0.39, 0.29) is 17.3 Å². The molecule has 0 aromatic heterocycles. The van der Waals surface area contributed by atoms with Crippen molar-refractivity contribution in [2.75, 3.05) is 26.2 Å². The minimum absolute atomic E-state index is 0.0839. The summed E-state index contributed by atoms with van der Waals surface area (Å²) >= 11 is 0. The zero-order valence-corrected chi connectivity index (χ0v) is 12.9. The Hall–Kier alpha value is -0.570. The second kappa shape index (κ2) is 6.05. The molecule has 2 bridgehead atoms. The molecule has 3 heteroatoms. The Morgan fingerprint density at radius 3 is 2.50 bits per heavy atom. The standard InChI is InChI=1S/C17H29NO2/c1-2-20-16(19)15(13-18-10-4-3-5-11-18)17-8-6-14(12-17)7-9-17/h14-15H,2-13H2,1H3. The Kier molecular flexibility index (Phi) is 4.34. The van der Waals surface area contributed by atoms with Gasteiger partial charge in [0.05, 0.1) is 12.5 Å². The van der Waals surface area contributed by atoms with Crippen molar-refractivity contribution in [3.63, 3.8) is 0 Å². The summed E-state index contributed by atoms with van der Waals surface area (Å²) in [5.74, 6) is 1.11. The molecule has 1 aliphatic heterocycles. The molecule has 0 radical (unpaired) electrons. The summed E-state index contributed by atoms with van der Waals surface area (Å²) in [6.45, 7) is 5.75. The van der Waals surface area contributed by atoms with E-state index in [0.717, 1.165) is 12.5 Å². The van der Waals surface area contributed by atoms with Gasteiger partial charge in [0.2, 0.25) is 0 Å². The van der Waals surface area contributed by atoms with Crippen LogP contribution < -0.4 is 0 Å². The summed E-state index contributed by atoms with van der Waals surface area (Å²) in [6.07, 6.45) is 10.4. The van der Waals surface area contributed by atoms with Crippen molar-refractivity contribution in [3.8, 4) is 0 Å². The lowest BCUT2D eigenvalue weighted by molar-refractivity contribution is -0.154. The summed E-state index contributed by atoms with van der Waals surface area (Å²) < 4.78 is 5.44. The predicted molar refractivity (Wildman–Crippen MR) is 79.4 cm³/mol. The highest BCUT2D eigenvalue weighted by molar-refractivity contribution is 5.74. The SMILES string of the molecule is CCOC(=O)C(CN1CCCCC1)C12CCC(CC1)C2. The maximum Gasteiger partial charge on any atom is 0.310 e. The van der Waals surface area contributed by atoms with Gasteiger partial charge in [-0.05, 0) is 76.3 Å². The van der Waals surface area contributed by atoms with Crippen molar-refractivity contribution in [1.29, 1.82) is 0 Å². The highest BCUT2D eigenvalue weighted by atomic mass is 16.5. The smallest absolute Gasteiger partial charge is 0.310 e. The van der Waals surface area contributed by atoms with Gasteiger partial charge in [0.1, 0.15) is 0 Å². The molecular weight excluding hydrogens is 250 g/mol. The van der Waals surface area contributed by atoms with Crippen LogP contribution in [0.3, 0.4) is 0 Å². The fourth-order valence-electron chi connectivity index (χ4n) is 4.89. The number of rotatable bonds is 5. The molecule has 1 heterocycles. The second-order valence-electron chi connectivity index (χ2n) is 7.18. The maximum atomic E-state index is 12.5. The Bertz CT molecular complexity index is 341. The first-order valence-corrected chi connectivity index (χ1v) is 8.62. The number of carbonyl (C=O) groups excluding carboxylic acids is 1. The highest BCUT2D eigenvalue weighted by Crippen LogP contribution is 2.58. The van der Waals surface area contributed by atoms with Gasteiger partial charge in [0, 0.05) is 6.54 Å². The molecule has 1 atom stereocenters. The zero-order chi connectivity index (χ0) is 14.0. The van der Waals surface area contributed by atoms with Crippen LogP contribution in [0.1, 0.15) is 58.3 Å².